The SMILES string of the molecule is Oc1c2cccc1Cc1cccc(c1O)Cc1cc(Cc3cc(Cc4cc5c(O)c(c4)Cc4cccc(c4O)Cc4cccc(c4O)Cc4cccc(c4O)C5)cc(Cc4cc5c(O)c(c4)Cc4cccc(c4O)Cc4cccc(c4O)Cc4cccc(c4O)C5)c3)cc(c1O)Cc1cccc(c1O)C2. The van der Waals surface area contributed by atoms with Crippen molar-refractivity contribution in [3.05, 3.63) is 385 Å². The molecule has 0 heterocycles. The van der Waals surface area contributed by atoms with E-state index in [1.807, 2.05) is 200 Å². The van der Waals surface area contributed by atoms with Crippen LogP contribution in [0.1, 0.15) is 167 Å². The molecule has 13 aromatic carbocycles. The number of benzene rings is 13. The number of para-hydroxylation sites is 9. The van der Waals surface area contributed by atoms with Gasteiger partial charge in [-0.2, -0.15) is 0 Å². The zero-order valence-electron chi connectivity index (χ0n) is 57.8. The number of aromatic hydroxyl groups is 12. The lowest BCUT2D eigenvalue weighted by molar-refractivity contribution is 0.449. The molecule has 13 aromatic rings. The summed E-state index contributed by atoms with van der Waals surface area (Å²) in [7, 11) is 0. The van der Waals surface area contributed by atoms with E-state index >= 15 is 0 Å². The first-order chi connectivity index (χ1) is 50.9. The van der Waals surface area contributed by atoms with Gasteiger partial charge in [-0.05, 0) is 186 Å². The van der Waals surface area contributed by atoms with Crippen molar-refractivity contribution in [1.29, 1.82) is 0 Å². The number of rotatable bonds is 6. The van der Waals surface area contributed by atoms with Crippen molar-refractivity contribution in [2.45, 2.75) is 96.3 Å². The summed E-state index contributed by atoms with van der Waals surface area (Å²) in [5.41, 5.74) is 19.4. The van der Waals surface area contributed by atoms with E-state index in [4.69, 9.17) is 0 Å². The molecule has 0 unspecified atom stereocenters. The second kappa shape index (κ2) is 27.7. The standard InChI is InChI=1S/C93H78O12/c94-82-58-10-1-11-59(82)41-65-17-5-23-71(86(65)98)47-77-35-55(34-76(91(77)103)46-70-22-4-16-64(40-58)85(70)97)31-52-28-53(32-56-36-78-48-72-24-6-18-66(87(72)99)42-60-12-2-13-61(83(60)95)43-67-19-7-25-73(88(67)100)49-79(37-56)92(78)104)30-54(29-52)33-57-38-80-50-74-26-8-20-68(89(74)101)44-62-14-3-15-63(84(62)96)45-69-21-9-27-75(90(69)102)51-81(39-57)93(80)105/h1-30,34-39,94-105H,31-33,40-51H2. The fourth-order valence-electron chi connectivity index (χ4n) is 16.3. The van der Waals surface area contributed by atoms with Crippen molar-refractivity contribution in [1.82, 2.24) is 0 Å². The highest BCUT2D eigenvalue weighted by molar-refractivity contribution is 5.62. The predicted molar refractivity (Wildman–Crippen MR) is 406 cm³/mol. The monoisotopic (exact) mass is 1390 g/mol. The van der Waals surface area contributed by atoms with Crippen LogP contribution in [0.3, 0.4) is 0 Å². The predicted octanol–water partition coefficient (Wildman–Crippen LogP) is 17.0. The van der Waals surface area contributed by atoms with Crippen LogP contribution in [0.5, 0.6) is 69.0 Å². The van der Waals surface area contributed by atoms with Crippen LogP contribution >= 0.6 is 0 Å². The summed E-state index contributed by atoms with van der Waals surface area (Å²) in [5, 5.41) is 145. The molecular weight excluding hydrogens is 1310 g/mol. The van der Waals surface area contributed by atoms with Gasteiger partial charge in [0.1, 0.15) is 69.0 Å². The molecular formula is C93H78O12. The van der Waals surface area contributed by atoms with Gasteiger partial charge in [0.05, 0.1) is 0 Å². The van der Waals surface area contributed by atoms with Crippen LogP contribution in [0.25, 0.3) is 0 Å². The van der Waals surface area contributed by atoms with Crippen LogP contribution in [0.15, 0.2) is 218 Å². The molecule has 0 radical (unpaired) electrons. The summed E-state index contributed by atoms with van der Waals surface area (Å²) < 4.78 is 0. The zero-order chi connectivity index (χ0) is 72.3. The third kappa shape index (κ3) is 13.4. The van der Waals surface area contributed by atoms with Gasteiger partial charge in [-0.25, -0.2) is 0 Å². The van der Waals surface area contributed by atoms with Crippen LogP contribution in [-0.2, 0) is 96.3 Å². The molecule has 0 saturated heterocycles. The Morgan fingerprint density at radius 3 is 0.352 bits per heavy atom. The zero-order valence-corrected chi connectivity index (χ0v) is 57.8. The average Bonchev–Trinajstić information content (AvgIpc) is 0.794. The van der Waals surface area contributed by atoms with E-state index in [1.165, 1.54) is 0 Å². The molecule has 16 rings (SSSR count). The van der Waals surface area contributed by atoms with E-state index in [2.05, 4.69) is 18.2 Å². The number of phenols is 12. The summed E-state index contributed by atoms with van der Waals surface area (Å²) in [4.78, 5) is 0. The molecule has 0 amide bonds. The topological polar surface area (TPSA) is 243 Å². The second-order valence-electron chi connectivity index (χ2n) is 28.9. The van der Waals surface area contributed by atoms with Crippen LogP contribution in [0.4, 0.5) is 0 Å². The normalized spacial score (nSPS) is 13.3. The minimum absolute atomic E-state index is 0.0323. The Labute approximate surface area is 608 Å². The van der Waals surface area contributed by atoms with Crippen LogP contribution in [0.2, 0.25) is 0 Å². The lowest BCUT2D eigenvalue weighted by atomic mass is 9.87. The molecule has 12 N–H and O–H groups in total. The summed E-state index contributed by atoms with van der Waals surface area (Å²) in [5.74, 6) is 0.726. The van der Waals surface area contributed by atoms with Gasteiger partial charge in [-0.3, -0.25) is 0 Å². The minimum atomic E-state index is 0.0323. The third-order valence-corrected chi connectivity index (χ3v) is 21.7. The Hall–Kier alpha value is -12.5. The molecule has 0 aliphatic heterocycles. The van der Waals surface area contributed by atoms with Crippen molar-refractivity contribution in [2.24, 2.45) is 0 Å². The fraction of sp³-hybridized carbons (Fsp3) is 0.161. The molecule has 3 aliphatic rings. The van der Waals surface area contributed by atoms with E-state index in [0.717, 1.165) is 33.4 Å². The first-order valence-electron chi connectivity index (χ1n) is 35.7. The smallest absolute Gasteiger partial charge is 0.122 e. The van der Waals surface area contributed by atoms with Crippen molar-refractivity contribution < 1.29 is 61.3 Å². The van der Waals surface area contributed by atoms with Crippen LogP contribution < -0.4 is 0 Å². The summed E-state index contributed by atoms with van der Waals surface area (Å²) in [6.07, 6.45) is 3.33. The van der Waals surface area contributed by atoms with Gasteiger partial charge in [-0.15, -0.1) is 0 Å². The first kappa shape index (κ1) is 67.0. The lowest BCUT2D eigenvalue weighted by Crippen LogP contribution is -2.04. The van der Waals surface area contributed by atoms with E-state index in [-0.39, 0.29) is 146 Å². The van der Waals surface area contributed by atoms with E-state index in [1.54, 1.807) is 0 Å². The molecule has 0 fully saturated rings. The molecule has 0 atom stereocenters. The molecule has 105 heavy (non-hydrogen) atoms. The maximum Gasteiger partial charge on any atom is 0.122 e. The largest absolute Gasteiger partial charge is 0.507 e. The fourth-order valence-corrected chi connectivity index (χ4v) is 16.3. The average molecular weight is 1390 g/mol. The Morgan fingerprint density at radius 2 is 0.229 bits per heavy atom. The van der Waals surface area contributed by atoms with E-state index in [9.17, 15) is 61.3 Å². The molecule has 12 nitrogen and oxygen atoms in total. The quantitative estimate of drug-likeness (QED) is 0.0744. The van der Waals surface area contributed by atoms with Crippen molar-refractivity contribution in [2.75, 3.05) is 0 Å². The number of phenolic OH excluding ortho intramolecular Hbond substituents is 12. The molecule has 0 saturated carbocycles. The Bertz CT molecular complexity index is 4800. The van der Waals surface area contributed by atoms with Crippen molar-refractivity contribution in [3.8, 4) is 69.0 Å². The van der Waals surface area contributed by atoms with Crippen molar-refractivity contribution in [3.63, 3.8) is 0 Å². The Balaban J connectivity index is 0.836. The molecule has 3 aliphatic carbocycles. The maximum absolute atomic E-state index is 12.5. The highest BCUT2D eigenvalue weighted by atomic mass is 16.3. The number of hydrogen-bond acceptors (Lipinski definition) is 12. The molecule has 12 heteroatoms. The minimum Gasteiger partial charge on any atom is -0.507 e. The Morgan fingerprint density at radius 1 is 0.133 bits per heavy atom. The summed E-state index contributed by atoms with van der Waals surface area (Å²) in [6, 6.07) is 68.1. The lowest BCUT2D eigenvalue weighted by Gasteiger charge is -2.19. The van der Waals surface area contributed by atoms with Gasteiger partial charge in [0.2, 0.25) is 0 Å². The van der Waals surface area contributed by atoms with Crippen LogP contribution in [-0.4, -0.2) is 61.3 Å². The highest BCUT2D eigenvalue weighted by Crippen LogP contribution is 2.44. The van der Waals surface area contributed by atoms with Gasteiger partial charge >= 0.3 is 0 Å². The van der Waals surface area contributed by atoms with Gasteiger partial charge in [0.15, 0.2) is 0 Å². The van der Waals surface area contributed by atoms with Gasteiger partial charge in [-0.1, -0.05) is 218 Å². The second-order valence-corrected chi connectivity index (χ2v) is 28.9. The van der Waals surface area contributed by atoms with Gasteiger partial charge in [0.25, 0.3) is 0 Å². The van der Waals surface area contributed by atoms with Gasteiger partial charge < -0.3 is 61.3 Å². The van der Waals surface area contributed by atoms with E-state index < -0.39 is 0 Å². The van der Waals surface area contributed by atoms with Crippen LogP contribution in [0, 0.1) is 0 Å². The number of fused-ring (bicyclic) bond motifs is 24. The third-order valence-electron chi connectivity index (χ3n) is 21.7. The highest BCUT2D eigenvalue weighted by Gasteiger charge is 2.26. The maximum atomic E-state index is 12.5. The number of hydrogen-bond donors (Lipinski definition) is 12. The summed E-state index contributed by atoms with van der Waals surface area (Å²) in [6.45, 7) is 0. The summed E-state index contributed by atoms with van der Waals surface area (Å²) >= 11 is 0. The molecule has 522 valence electrons. The Kier molecular flexibility index (Phi) is 17.7. The van der Waals surface area contributed by atoms with E-state index in [0.29, 0.717) is 153 Å². The van der Waals surface area contributed by atoms with Gasteiger partial charge in [0, 0.05) is 77.0 Å². The van der Waals surface area contributed by atoms with Crippen molar-refractivity contribution >= 4 is 0 Å². The molecule has 0 aromatic heterocycles. The first-order valence-corrected chi connectivity index (χ1v) is 35.7. The molecule has 0 spiro atoms. The molecule has 24 bridgehead atoms.